The van der Waals surface area contributed by atoms with E-state index < -0.39 is 0 Å². The van der Waals surface area contributed by atoms with Gasteiger partial charge in [-0.25, -0.2) is 0 Å². The van der Waals surface area contributed by atoms with Crippen LogP contribution in [0.5, 0.6) is 0 Å². The van der Waals surface area contributed by atoms with Gasteiger partial charge in [-0.2, -0.15) is 0 Å². The monoisotopic (exact) mass is 782 g/mol. The summed E-state index contributed by atoms with van der Waals surface area (Å²) in [5, 5.41) is 7.58. The largest absolute Gasteiger partial charge is 0.456 e. The zero-order valence-corrected chi connectivity index (χ0v) is 36.2. The van der Waals surface area contributed by atoms with Crippen molar-refractivity contribution >= 4 is 104 Å². The lowest BCUT2D eigenvalue weighted by molar-refractivity contribution is 0.587. The normalized spacial score (nSPS) is 14.1. The topological polar surface area (TPSA) is 21.3 Å². The van der Waals surface area contributed by atoms with Crippen molar-refractivity contribution in [3.63, 3.8) is 0 Å². The van der Waals surface area contributed by atoms with Gasteiger partial charge < -0.3 is 13.8 Å². The second kappa shape index (κ2) is 11.5. The molecule has 3 nitrogen and oxygen atoms in total. The molecule has 0 atom stereocenters. The van der Waals surface area contributed by atoms with E-state index in [4.69, 9.17) is 4.42 Å². The average Bonchev–Trinajstić information content (AvgIpc) is 3.86. The number of nitrogens with zero attached hydrogens (tertiary/aromatic N) is 2. The summed E-state index contributed by atoms with van der Waals surface area (Å²) in [4.78, 5) is 2.66. The molecule has 0 N–H and O–H groups in total. The summed E-state index contributed by atoms with van der Waals surface area (Å²) in [6, 6.07) is 46.9. The van der Waals surface area contributed by atoms with Crippen LogP contribution in [0.1, 0.15) is 79.0 Å². The van der Waals surface area contributed by atoms with E-state index >= 15 is 0 Å². The molecule has 0 spiro atoms. The molecule has 10 aromatic rings. The first-order chi connectivity index (χ1) is 28.1. The second-order valence-corrected chi connectivity index (χ2v) is 21.3. The van der Waals surface area contributed by atoms with E-state index in [0.717, 1.165) is 21.9 Å². The van der Waals surface area contributed by atoms with Gasteiger partial charge in [0, 0.05) is 64.3 Å². The zero-order valence-electron chi connectivity index (χ0n) is 35.3. The zero-order chi connectivity index (χ0) is 40.5. The van der Waals surface area contributed by atoms with Crippen LogP contribution in [0.3, 0.4) is 0 Å². The van der Waals surface area contributed by atoms with E-state index in [0.29, 0.717) is 0 Å². The Morgan fingerprint density at radius 2 is 1.17 bits per heavy atom. The molecule has 5 heterocycles. The molecule has 3 aromatic heterocycles. The Morgan fingerprint density at radius 3 is 1.93 bits per heavy atom. The maximum absolute atomic E-state index is 6.82. The number of thiophene rings is 1. The van der Waals surface area contributed by atoms with Gasteiger partial charge in [-0.05, 0) is 104 Å². The molecular formula is C54H47BN2OS. The van der Waals surface area contributed by atoms with E-state index in [-0.39, 0.29) is 23.1 Å². The molecule has 0 aliphatic carbocycles. The van der Waals surface area contributed by atoms with Crippen molar-refractivity contribution in [1.29, 1.82) is 0 Å². The number of aromatic nitrogens is 1. The Labute approximate surface area is 350 Å². The van der Waals surface area contributed by atoms with Crippen molar-refractivity contribution in [2.75, 3.05) is 4.81 Å². The maximum Gasteiger partial charge on any atom is 0.333 e. The summed E-state index contributed by atoms with van der Waals surface area (Å²) in [5.41, 5.74) is 17.3. The molecule has 59 heavy (non-hydrogen) atoms. The lowest BCUT2D eigenvalue weighted by Crippen LogP contribution is -2.60. The highest BCUT2D eigenvalue weighted by atomic mass is 32.1. The molecule has 0 fully saturated rings. The van der Waals surface area contributed by atoms with E-state index in [1.54, 1.807) is 0 Å². The predicted octanol–water partition coefficient (Wildman–Crippen LogP) is 14.2. The Hall–Kier alpha value is -5.78. The fourth-order valence-corrected chi connectivity index (χ4v) is 11.3. The van der Waals surface area contributed by atoms with Crippen molar-refractivity contribution < 1.29 is 4.42 Å². The fraction of sp³-hybridized carbons (Fsp3) is 0.222. The van der Waals surface area contributed by atoms with Crippen LogP contribution >= 0.6 is 11.3 Å². The molecule has 5 heteroatoms. The Morgan fingerprint density at radius 1 is 0.492 bits per heavy atom. The molecule has 0 amide bonds. The summed E-state index contributed by atoms with van der Waals surface area (Å²) < 4.78 is 12.1. The van der Waals surface area contributed by atoms with Gasteiger partial charge in [0.15, 0.2) is 0 Å². The molecule has 12 rings (SSSR count). The van der Waals surface area contributed by atoms with Crippen molar-refractivity contribution in [3.05, 3.63) is 138 Å². The predicted molar refractivity (Wildman–Crippen MR) is 256 cm³/mol. The first kappa shape index (κ1) is 35.2. The molecule has 2 aliphatic rings. The molecule has 0 saturated carbocycles. The van der Waals surface area contributed by atoms with E-state index in [1.807, 2.05) is 11.3 Å². The molecule has 0 bridgehead atoms. The van der Waals surface area contributed by atoms with E-state index in [2.05, 4.69) is 193 Å². The lowest BCUT2D eigenvalue weighted by atomic mass is 9.43. The minimum absolute atomic E-state index is 0.0230. The summed E-state index contributed by atoms with van der Waals surface area (Å²) in [6.45, 7) is 20.7. The van der Waals surface area contributed by atoms with Gasteiger partial charge in [-0.1, -0.05) is 129 Å². The van der Waals surface area contributed by atoms with Crippen molar-refractivity contribution in [2.24, 2.45) is 0 Å². The number of hydrogen-bond donors (Lipinski definition) is 0. The minimum atomic E-state index is -0.0548. The van der Waals surface area contributed by atoms with Crippen molar-refractivity contribution in [2.45, 2.75) is 78.6 Å². The second-order valence-electron chi connectivity index (χ2n) is 20.2. The first-order valence-corrected chi connectivity index (χ1v) is 21.9. The van der Waals surface area contributed by atoms with E-state index in [1.165, 1.54) is 97.8 Å². The molecule has 7 aromatic carbocycles. The molecule has 0 saturated heterocycles. The Bertz CT molecular complexity index is 3450. The third kappa shape index (κ3) is 4.88. The van der Waals surface area contributed by atoms with Crippen LogP contribution in [-0.2, 0) is 16.2 Å². The third-order valence-corrected chi connectivity index (χ3v) is 14.6. The van der Waals surface area contributed by atoms with Crippen LogP contribution in [0.2, 0.25) is 0 Å². The number of fused-ring (bicyclic) bond motifs is 14. The number of furan rings is 1. The SMILES string of the molecule is CC(C)(C)c1ccc(N2B3c4cc(C(C)(C)C)ccc4-n4c5cc6c(cc5c5ccc(c3c54)-c3cc4oc5cc(C(C)(C)C)ccc5c4cc32)sc2ccccc26)cc1. The highest BCUT2D eigenvalue weighted by Gasteiger charge is 2.44. The van der Waals surface area contributed by atoms with Gasteiger partial charge in [0.05, 0.1) is 11.0 Å². The van der Waals surface area contributed by atoms with Crippen molar-refractivity contribution in [1.82, 2.24) is 4.57 Å². The van der Waals surface area contributed by atoms with Crippen LogP contribution in [0, 0.1) is 0 Å². The number of hydrogen-bond acceptors (Lipinski definition) is 3. The number of benzene rings is 7. The van der Waals surface area contributed by atoms with Crippen LogP contribution in [0.25, 0.3) is 80.7 Å². The maximum atomic E-state index is 6.82. The van der Waals surface area contributed by atoms with Gasteiger partial charge in [0.1, 0.15) is 11.2 Å². The smallest absolute Gasteiger partial charge is 0.333 e. The standard InChI is InChI=1S/C54H47BN2OS/c1-52(2,3)30-14-18-33(19-15-30)57-45-26-40-34-20-16-32(54(7,8)9)25-46(34)58-47(40)28-38(45)36-21-22-37-39-29-49-41(35-12-10-11-13-48(35)59-49)27-44(39)56-43-23-17-31(53(4,5)6)24-42(43)55(57)50(36)51(37)56/h10-29H,1-9H3. The third-order valence-electron chi connectivity index (χ3n) is 13.4. The Kier molecular flexibility index (Phi) is 6.85. The molecule has 0 radical (unpaired) electrons. The van der Waals surface area contributed by atoms with Gasteiger partial charge in [-0.3, -0.25) is 0 Å². The fourth-order valence-electron chi connectivity index (χ4n) is 10.2. The minimum Gasteiger partial charge on any atom is -0.456 e. The summed E-state index contributed by atoms with van der Waals surface area (Å²) in [6.07, 6.45) is 0. The highest BCUT2D eigenvalue weighted by Crippen LogP contribution is 2.49. The van der Waals surface area contributed by atoms with Crippen LogP contribution in [0.15, 0.2) is 126 Å². The average molecular weight is 783 g/mol. The first-order valence-electron chi connectivity index (χ1n) is 21.1. The lowest BCUT2D eigenvalue weighted by Gasteiger charge is -2.42. The van der Waals surface area contributed by atoms with Crippen molar-refractivity contribution in [3.8, 4) is 16.8 Å². The van der Waals surface area contributed by atoms with Crippen LogP contribution in [0.4, 0.5) is 11.4 Å². The molecular weight excluding hydrogens is 735 g/mol. The summed E-state index contributed by atoms with van der Waals surface area (Å²) in [5.74, 6) is 0. The van der Waals surface area contributed by atoms with Gasteiger partial charge in [0.25, 0.3) is 0 Å². The molecule has 0 unspecified atom stereocenters. The summed E-state index contributed by atoms with van der Waals surface area (Å²) in [7, 11) is 0. The molecule has 288 valence electrons. The van der Waals surface area contributed by atoms with Gasteiger partial charge in [0.2, 0.25) is 0 Å². The van der Waals surface area contributed by atoms with Gasteiger partial charge in [-0.15, -0.1) is 11.3 Å². The highest BCUT2D eigenvalue weighted by molar-refractivity contribution is 7.25. The Balaban J connectivity index is 1.23. The quantitative estimate of drug-likeness (QED) is 0.155. The summed E-state index contributed by atoms with van der Waals surface area (Å²) >= 11 is 1.90. The van der Waals surface area contributed by atoms with Crippen LogP contribution in [-0.4, -0.2) is 11.4 Å². The molecule has 2 aliphatic heterocycles. The number of rotatable bonds is 1. The number of anilines is 2. The van der Waals surface area contributed by atoms with E-state index in [9.17, 15) is 0 Å². The van der Waals surface area contributed by atoms with Gasteiger partial charge >= 0.3 is 6.85 Å². The van der Waals surface area contributed by atoms with Crippen LogP contribution < -0.4 is 15.7 Å².